The highest BCUT2D eigenvalue weighted by molar-refractivity contribution is 5.53. The summed E-state index contributed by atoms with van der Waals surface area (Å²) >= 11 is 0. The SMILES string of the molecule is Cc1cccc(Nc2nnc(CCc3nnc(Nc4cccc(C)c4)o3)o2)c1. The summed E-state index contributed by atoms with van der Waals surface area (Å²) in [5.74, 6) is 1.00. The highest BCUT2D eigenvalue weighted by atomic mass is 16.4. The molecule has 2 aromatic carbocycles. The van der Waals surface area contributed by atoms with E-state index in [1.165, 1.54) is 0 Å². The molecule has 0 fully saturated rings. The Hall–Kier alpha value is -3.68. The number of rotatable bonds is 7. The number of aryl methyl sites for hydroxylation is 4. The average Bonchev–Trinajstić information content (AvgIpc) is 3.29. The van der Waals surface area contributed by atoms with Crippen LogP contribution in [-0.2, 0) is 12.8 Å². The number of nitrogens with one attached hydrogen (secondary N) is 2. The molecule has 2 aromatic heterocycles. The molecule has 0 aliphatic rings. The fraction of sp³-hybridized carbons (Fsp3) is 0.200. The summed E-state index contributed by atoms with van der Waals surface area (Å²) in [6.07, 6.45) is 1.02. The van der Waals surface area contributed by atoms with Gasteiger partial charge < -0.3 is 19.5 Å². The molecule has 4 aromatic rings. The summed E-state index contributed by atoms with van der Waals surface area (Å²) < 4.78 is 11.3. The maximum absolute atomic E-state index is 5.63. The molecule has 2 N–H and O–H groups in total. The molecule has 0 radical (unpaired) electrons. The van der Waals surface area contributed by atoms with E-state index in [0.717, 1.165) is 22.5 Å². The van der Waals surface area contributed by atoms with Crippen LogP contribution in [0.15, 0.2) is 57.4 Å². The van der Waals surface area contributed by atoms with Gasteiger partial charge >= 0.3 is 12.0 Å². The fourth-order valence-corrected chi connectivity index (χ4v) is 2.72. The van der Waals surface area contributed by atoms with Crippen LogP contribution in [0.2, 0.25) is 0 Å². The lowest BCUT2D eigenvalue weighted by atomic mass is 10.2. The molecule has 0 spiro atoms. The van der Waals surface area contributed by atoms with Gasteiger partial charge in [0.2, 0.25) is 11.8 Å². The Morgan fingerprint density at radius 1 is 0.679 bits per heavy atom. The minimum Gasteiger partial charge on any atom is -0.408 e. The second-order valence-corrected chi connectivity index (χ2v) is 6.49. The summed E-state index contributed by atoms with van der Waals surface area (Å²) in [6.45, 7) is 4.05. The van der Waals surface area contributed by atoms with Gasteiger partial charge in [-0.05, 0) is 49.2 Å². The van der Waals surface area contributed by atoms with Crippen molar-refractivity contribution in [1.82, 2.24) is 20.4 Å². The standard InChI is InChI=1S/C20H20N6O2/c1-13-5-3-7-15(11-13)21-19-25-23-17(27-19)9-10-18-24-26-20(28-18)22-16-8-4-6-14(2)12-16/h3-8,11-12H,9-10H2,1-2H3,(H,21,25)(H,22,26). The first-order valence-electron chi connectivity index (χ1n) is 8.96. The first-order chi connectivity index (χ1) is 13.6. The number of hydrogen-bond donors (Lipinski definition) is 2. The van der Waals surface area contributed by atoms with Crippen LogP contribution in [0.4, 0.5) is 23.4 Å². The van der Waals surface area contributed by atoms with Gasteiger partial charge in [0.15, 0.2) is 0 Å². The van der Waals surface area contributed by atoms with Crippen LogP contribution >= 0.6 is 0 Å². The van der Waals surface area contributed by atoms with Crippen molar-refractivity contribution in [3.8, 4) is 0 Å². The van der Waals surface area contributed by atoms with Crippen molar-refractivity contribution in [2.24, 2.45) is 0 Å². The summed E-state index contributed by atoms with van der Waals surface area (Å²) in [5.41, 5.74) is 4.10. The maximum atomic E-state index is 5.63. The molecule has 8 heteroatoms. The van der Waals surface area contributed by atoms with Gasteiger partial charge in [-0.1, -0.05) is 34.5 Å². The maximum Gasteiger partial charge on any atom is 0.320 e. The predicted octanol–water partition coefficient (Wildman–Crippen LogP) is 4.34. The van der Waals surface area contributed by atoms with E-state index in [-0.39, 0.29) is 0 Å². The van der Waals surface area contributed by atoms with Gasteiger partial charge in [-0.25, -0.2) is 0 Å². The molecule has 0 saturated carbocycles. The highest BCUT2D eigenvalue weighted by Gasteiger charge is 2.11. The molecule has 0 aliphatic carbocycles. The zero-order valence-electron chi connectivity index (χ0n) is 15.6. The molecular formula is C20H20N6O2. The van der Waals surface area contributed by atoms with Crippen LogP contribution in [0.5, 0.6) is 0 Å². The van der Waals surface area contributed by atoms with Crippen molar-refractivity contribution in [3.05, 3.63) is 71.4 Å². The molecule has 4 rings (SSSR count). The Kier molecular flexibility index (Phi) is 5.01. The smallest absolute Gasteiger partial charge is 0.320 e. The van der Waals surface area contributed by atoms with E-state index >= 15 is 0 Å². The molecule has 0 atom stereocenters. The van der Waals surface area contributed by atoms with Gasteiger partial charge in [0.25, 0.3) is 0 Å². The third-order valence-electron chi connectivity index (χ3n) is 4.03. The van der Waals surface area contributed by atoms with E-state index in [0.29, 0.717) is 36.7 Å². The first kappa shape index (κ1) is 17.7. The lowest BCUT2D eigenvalue weighted by Crippen LogP contribution is -1.92. The third-order valence-corrected chi connectivity index (χ3v) is 4.03. The Morgan fingerprint density at radius 3 is 1.57 bits per heavy atom. The van der Waals surface area contributed by atoms with Crippen molar-refractivity contribution in [2.75, 3.05) is 10.6 Å². The quantitative estimate of drug-likeness (QED) is 0.491. The minimum atomic E-state index is 0.355. The van der Waals surface area contributed by atoms with Crippen LogP contribution in [0.3, 0.4) is 0 Å². The fourth-order valence-electron chi connectivity index (χ4n) is 2.72. The van der Waals surface area contributed by atoms with Crippen LogP contribution < -0.4 is 10.6 Å². The van der Waals surface area contributed by atoms with Crippen molar-refractivity contribution < 1.29 is 8.83 Å². The van der Waals surface area contributed by atoms with E-state index in [1.807, 2.05) is 62.4 Å². The van der Waals surface area contributed by atoms with Gasteiger partial charge in [0, 0.05) is 24.2 Å². The van der Waals surface area contributed by atoms with Gasteiger partial charge in [-0.2, -0.15) is 0 Å². The van der Waals surface area contributed by atoms with Gasteiger partial charge in [-0.15, -0.1) is 10.2 Å². The molecule has 0 aliphatic heterocycles. The minimum absolute atomic E-state index is 0.355. The Bertz CT molecular complexity index is 986. The molecule has 0 amide bonds. The van der Waals surface area contributed by atoms with Crippen molar-refractivity contribution >= 4 is 23.4 Å². The molecule has 2 heterocycles. The average molecular weight is 376 g/mol. The number of benzene rings is 2. The van der Waals surface area contributed by atoms with E-state index < -0.39 is 0 Å². The molecule has 28 heavy (non-hydrogen) atoms. The van der Waals surface area contributed by atoms with Crippen LogP contribution in [0.25, 0.3) is 0 Å². The summed E-state index contributed by atoms with van der Waals surface area (Å²) in [7, 11) is 0. The van der Waals surface area contributed by atoms with E-state index in [4.69, 9.17) is 8.83 Å². The zero-order valence-corrected chi connectivity index (χ0v) is 15.6. The summed E-state index contributed by atoms with van der Waals surface area (Å²) in [4.78, 5) is 0. The van der Waals surface area contributed by atoms with Crippen molar-refractivity contribution in [2.45, 2.75) is 26.7 Å². The highest BCUT2D eigenvalue weighted by Crippen LogP contribution is 2.19. The predicted molar refractivity (Wildman–Crippen MR) is 105 cm³/mol. The number of aromatic nitrogens is 4. The van der Waals surface area contributed by atoms with Crippen molar-refractivity contribution in [1.29, 1.82) is 0 Å². The second-order valence-electron chi connectivity index (χ2n) is 6.49. The third kappa shape index (κ3) is 4.53. The lowest BCUT2D eigenvalue weighted by Gasteiger charge is -2.01. The second kappa shape index (κ2) is 7.91. The summed E-state index contributed by atoms with van der Waals surface area (Å²) in [5, 5.41) is 22.3. The van der Waals surface area contributed by atoms with Gasteiger partial charge in [-0.3, -0.25) is 0 Å². The largest absolute Gasteiger partial charge is 0.408 e. The molecular weight excluding hydrogens is 356 g/mol. The number of anilines is 4. The Labute approximate surface area is 162 Å². The normalized spacial score (nSPS) is 10.8. The van der Waals surface area contributed by atoms with E-state index in [1.54, 1.807) is 0 Å². The molecule has 8 nitrogen and oxygen atoms in total. The molecule has 142 valence electrons. The lowest BCUT2D eigenvalue weighted by molar-refractivity contribution is 0.470. The van der Waals surface area contributed by atoms with E-state index in [9.17, 15) is 0 Å². The summed E-state index contributed by atoms with van der Waals surface area (Å²) in [6, 6.07) is 16.6. The topological polar surface area (TPSA) is 102 Å². The van der Waals surface area contributed by atoms with Crippen LogP contribution in [0.1, 0.15) is 22.9 Å². The van der Waals surface area contributed by atoms with Crippen LogP contribution in [0, 0.1) is 13.8 Å². The van der Waals surface area contributed by atoms with Crippen LogP contribution in [-0.4, -0.2) is 20.4 Å². The first-order valence-corrected chi connectivity index (χ1v) is 8.96. The Balaban J connectivity index is 1.33. The number of hydrogen-bond acceptors (Lipinski definition) is 8. The monoisotopic (exact) mass is 376 g/mol. The van der Waals surface area contributed by atoms with Crippen molar-refractivity contribution in [3.63, 3.8) is 0 Å². The van der Waals surface area contributed by atoms with Gasteiger partial charge in [0.05, 0.1) is 0 Å². The Morgan fingerprint density at radius 2 is 1.14 bits per heavy atom. The molecule has 0 bridgehead atoms. The molecule has 0 saturated heterocycles. The zero-order chi connectivity index (χ0) is 19.3. The van der Waals surface area contributed by atoms with Gasteiger partial charge in [0.1, 0.15) is 0 Å². The van der Waals surface area contributed by atoms with E-state index in [2.05, 4.69) is 31.0 Å². The molecule has 0 unspecified atom stereocenters. The number of nitrogens with zero attached hydrogens (tertiary/aromatic N) is 4.